The van der Waals surface area contributed by atoms with E-state index in [0.29, 0.717) is 22.9 Å². The summed E-state index contributed by atoms with van der Waals surface area (Å²) in [5.41, 5.74) is 1.83. The Morgan fingerprint density at radius 2 is 1.60 bits per heavy atom. The molecule has 0 amide bonds. The Hall–Kier alpha value is -1.22. The lowest BCUT2D eigenvalue weighted by molar-refractivity contribution is 0.175. The molecule has 0 aliphatic heterocycles. The van der Waals surface area contributed by atoms with Gasteiger partial charge in [-0.3, -0.25) is 0 Å². The third-order valence-electron chi connectivity index (χ3n) is 3.13. The highest BCUT2D eigenvalue weighted by atomic mass is 35.5. The summed E-state index contributed by atoms with van der Waals surface area (Å²) >= 11 is 12.2. The quantitative estimate of drug-likeness (QED) is 0.899. The van der Waals surface area contributed by atoms with Gasteiger partial charge in [0, 0.05) is 16.5 Å². The maximum Gasteiger partial charge on any atom is 0.118 e. The van der Waals surface area contributed by atoms with Gasteiger partial charge >= 0.3 is 0 Å². The van der Waals surface area contributed by atoms with E-state index in [-0.39, 0.29) is 0 Å². The average molecular weight is 311 g/mol. The fraction of sp³-hybridized carbons (Fsp3) is 0.250. The highest BCUT2D eigenvalue weighted by Crippen LogP contribution is 2.26. The molecule has 4 heteroatoms. The Morgan fingerprint density at radius 1 is 1.00 bits per heavy atom. The number of methoxy groups -OCH3 is 1. The molecular formula is C16H16Cl2O2. The fourth-order valence-corrected chi connectivity index (χ4v) is 2.62. The summed E-state index contributed by atoms with van der Waals surface area (Å²) in [6.07, 6.45) is 0.455. The average Bonchev–Trinajstić information content (AvgIpc) is 2.44. The van der Waals surface area contributed by atoms with Crippen molar-refractivity contribution in [2.75, 3.05) is 7.11 Å². The Morgan fingerprint density at radius 3 is 2.15 bits per heavy atom. The number of rotatable bonds is 5. The summed E-state index contributed by atoms with van der Waals surface area (Å²) in [6, 6.07) is 13.0. The minimum Gasteiger partial charge on any atom is -0.497 e. The molecule has 2 nitrogen and oxygen atoms in total. The molecule has 106 valence electrons. The van der Waals surface area contributed by atoms with E-state index in [1.807, 2.05) is 24.3 Å². The smallest absolute Gasteiger partial charge is 0.118 e. The summed E-state index contributed by atoms with van der Waals surface area (Å²) < 4.78 is 5.10. The van der Waals surface area contributed by atoms with Gasteiger partial charge in [0.2, 0.25) is 0 Å². The molecule has 0 aliphatic rings. The first-order chi connectivity index (χ1) is 9.60. The van der Waals surface area contributed by atoms with Gasteiger partial charge in [0.1, 0.15) is 5.75 Å². The predicted octanol–water partition coefficient (Wildman–Crippen LogP) is 4.15. The number of halogens is 2. The van der Waals surface area contributed by atoms with E-state index >= 15 is 0 Å². The summed E-state index contributed by atoms with van der Waals surface area (Å²) in [6.45, 7) is 0. The molecule has 2 aromatic rings. The van der Waals surface area contributed by atoms with E-state index in [9.17, 15) is 5.11 Å². The topological polar surface area (TPSA) is 29.5 Å². The summed E-state index contributed by atoms with van der Waals surface area (Å²) in [5, 5.41) is 11.4. The van der Waals surface area contributed by atoms with Crippen LogP contribution in [0.4, 0.5) is 0 Å². The summed E-state index contributed by atoms with van der Waals surface area (Å²) in [4.78, 5) is 0. The lowest BCUT2D eigenvalue weighted by Crippen LogP contribution is -2.14. The number of ether oxygens (including phenoxy) is 1. The number of aliphatic hydroxyl groups excluding tert-OH is 1. The molecule has 0 spiro atoms. The van der Waals surface area contributed by atoms with Gasteiger partial charge in [0.25, 0.3) is 0 Å². The van der Waals surface area contributed by atoms with Crippen molar-refractivity contribution in [2.24, 2.45) is 0 Å². The molecule has 0 radical (unpaired) electrons. The van der Waals surface area contributed by atoms with Crippen molar-refractivity contribution < 1.29 is 9.84 Å². The van der Waals surface area contributed by atoms with Gasteiger partial charge in [-0.1, -0.05) is 41.4 Å². The molecule has 2 rings (SSSR count). The van der Waals surface area contributed by atoms with Crippen molar-refractivity contribution in [3.63, 3.8) is 0 Å². The maximum atomic E-state index is 10.2. The lowest BCUT2D eigenvalue weighted by Gasteiger charge is -2.13. The highest BCUT2D eigenvalue weighted by Gasteiger charge is 2.12. The predicted molar refractivity (Wildman–Crippen MR) is 82.9 cm³/mol. The van der Waals surface area contributed by atoms with E-state index in [1.165, 1.54) is 0 Å². The van der Waals surface area contributed by atoms with Crippen LogP contribution in [0.2, 0.25) is 10.0 Å². The first kappa shape index (κ1) is 15.2. The third-order valence-corrected chi connectivity index (χ3v) is 3.84. The van der Waals surface area contributed by atoms with Crippen molar-refractivity contribution in [3.05, 3.63) is 63.6 Å². The molecule has 1 atom stereocenters. The molecule has 0 saturated heterocycles. The van der Waals surface area contributed by atoms with Crippen LogP contribution in [-0.2, 0) is 12.8 Å². The van der Waals surface area contributed by atoms with Gasteiger partial charge in [-0.15, -0.1) is 0 Å². The molecule has 0 aromatic heterocycles. The Balaban J connectivity index is 2.03. The number of aliphatic hydroxyl groups is 1. The number of benzene rings is 2. The molecule has 0 aliphatic carbocycles. The van der Waals surface area contributed by atoms with Crippen LogP contribution < -0.4 is 4.74 Å². The van der Waals surface area contributed by atoms with Crippen LogP contribution >= 0.6 is 23.2 Å². The van der Waals surface area contributed by atoms with E-state index in [4.69, 9.17) is 27.9 Å². The summed E-state index contributed by atoms with van der Waals surface area (Å²) in [5.74, 6) is 0.803. The maximum absolute atomic E-state index is 10.2. The second kappa shape index (κ2) is 6.98. The standard InChI is InChI=1S/C16H16Cl2O2/c1-20-13-7-5-11(6-8-13)9-12(19)10-14-15(17)3-2-4-16(14)18/h2-8,12,19H,9-10H2,1H3. The van der Waals surface area contributed by atoms with Crippen LogP contribution in [0.5, 0.6) is 5.75 Å². The van der Waals surface area contributed by atoms with E-state index in [2.05, 4.69) is 0 Å². The largest absolute Gasteiger partial charge is 0.497 e. The van der Waals surface area contributed by atoms with Crippen LogP contribution in [-0.4, -0.2) is 18.3 Å². The van der Waals surface area contributed by atoms with Gasteiger partial charge < -0.3 is 9.84 Å². The number of hydrogen-bond acceptors (Lipinski definition) is 2. The van der Waals surface area contributed by atoms with E-state index in [0.717, 1.165) is 16.9 Å². The molecule has 1 N–H and O–H groups in total. The molecule has 0 bridgehead atoms. The molecule has 2 aromatic carbocycles. The molecular weight excluding hydrogens is 295 g/mol. The van der Waals surface area contributed by atoms with Crippen LogP contribution in [0.3, 0.4) is 0 Å². The second-order valence-corrected chi connectivity index (χ2v) is 5.42. The first-order valence-electron chi connectivity index (χ1n) is 6.34. The van der Waals surface area contributed by atoms with Crippen molar-refractivity contribution in [1.82, 2.24) is 0 Å². The highest BCUT2D eigenvalue weighted by molar-refractivity contribution is 6.35. The minimum atomic E-state index is -0.527. The van der Waals surface area contributed by atoms with Gasteiger partial charge in [0.15, 0.2) is 0 Å². The SMILES string of the molecule is COc1ccc(CC(O)Cc2c(Cl)cccc2Cl)cc1. The zero-order valence-electron chi connectivity index (χ0n) is 11.1. The van der Waals surface area contributed by atoms with Crippen LogP contribution in [0.25, 0.3) is 0 Å². The van der Waals surface area contributed by atoms with Gasteiger partial charge in [-0.2, -0.15) is 0 Å². The van der Waals surface area contributed by atoms with Crippen LogP contribution in [0.1, 0.15) is 11.1 Å². The molecule has 0 heterocycles. The van der Waals surface area contributed by atoms with Gasteiger partial charge in [-0.25, -0.2) is 0 Å². The van der Waals surface area contributed by atoms with Crippen LogP contribution in [0, 0.1) is 0 Å². The first-order valence-corrected chi connectivity index (χ1v) is 7.09. The van der Waals surface area contributed by atoms with E-state index < -0.39 is 6.10 Å². The third kappa shape index (κ3) is 3.89. The molecule has 0 fully saturated rings. The Bertz CT molecular complexity index is 547. The lowest BCUT2D eigenvalue weighted by atomic mass is 10.0. The zero-order chi connectivity index (χ0) is 14.5. The van der Waals surface area contributed by atoms with Crippen molar-refractivity contribution in [1.29, 1.82) is 0 Å². The normalized spacial score (nSPS) is 12.2. The zero-order valence-corrected chi connectivity index (χ0v) is 12.7. The number of hydrogen-bond donors (Lipinski definition) is 1. The van der Waals surface area contributed by atoms with Gasteiger partial charge in [0.05, 0.1) is 13.2 Å². The van der Waals surface area contributed by atoms with Gasteiger partial charge in [-0.05, 0) is 41.8 Å². The van der Waals surface area contributed by atoms with E-state index in [1.54, 1.807) is 25.3 Å². The van der Waals surface area contributed by atoms with Crippen LogP contribution in [0.15, 0.2) is 42.5 Å². The summed E-state index contributed by atoms with van der Waals surface area (Å²) in [7, 11) is 1.63. The van der Waals surface area contributed by atoms with Crippen molar-refractivity contribution >= 4 is 23.2 Å². The molecule has 1 unspecified atom stereocenters. The Labute approximate surface area is 128 Å². The minimum absolute atomic E-state index is 0.435. The molecule has 0 saturated carbocycles. The monoisotopic (exact) mass is 310 g/mol. The fourth-order valence-electron chi connectivity index (χ4n) is 2.07. The Kier molecular flexibility index (Phi) is 5.30. The van der Waals surface area contributed by atoms with Crippen molar-refractivity contribution in [3.8, 4) is 5.75 Å². The second-order valence-electron chi connectivity index (χ2n) is 4.61. The van der Waals surface area contributed by atoms with Crippen molar-refractivity contribution in [2.45, 2.75) is 18.9 Å². The molecule has 20 heavy (non-hydrogen) atoms.